The van der Waals surface area contributed by atoms with E-state index in [2.05, 4.69) is 0 Å². The molecule has 34 heavy (non-hydrogen) atoms. The van der Waals surface area contributed by atoms with Crippen molar-refractivity contribution in [2.75, 3.05) is 5.73 Å². The third kappa shape index (κ3) is 3.23. The number of hydrogen-bond donors (Lipinski definition) is 2. The van der Waals surface area contributed by atoms with E-state index in [1.807, 2.05) is 43.3 Å². The Hall–Kier alpha value is -4.46. The van der Waals surface area contributed by atoms with Crippen molar-refractivity contribution < 1.29 is 24.2 Å². The van der Waals surface area contributed by atoms with Crippen molar-refractivity contribution in [1.82, 2.24) is 9.61 Å². The van der Waals surface area contributed by atoms with Gasteiger partial charge in [-0.1, -0.05) is 67.6 Å². The summed E-state index contributed by atoms with van der Waals surface area (Å²) in [5, 5.41) is 14.3. The van der Waals surface area contributed by atoms with Crippen LogP contribution in [0.3, 0.4) is 0 Å². The number of aromatic nitrogens is 2. The Balaban J connectivity index is 1.87. The van der Waals surface area contributed by atoms with E-state index in [-0.39, 0.29) is 17.0 Å². The number of ketones is 2. The summed E-state index contributed by atoms with van der Waals surface area (Å²) in [7, 11) is 0. The summed E-state index contributed by atoms with van der Waals surface area (Å²) in [4.78, 5) is 37.4. The number of ether oxygens (including phenoxy) is 1. The topological polar surface area (TPSA) is 124 Å². The van der Waals surface area contributed by atoms with Gasteiger partial charge in [0.1, 0.15) is 11.2 Å². The van der Waals surface area contributed by atoms with Gasteiger partial charge in [0, 0.05) is 12.0 Å². The van der Waals surface area contributed by atoms with Crippen LogP contribution in [0.15, 0.2) is 60.7 Å². The number of anilines is 1. The third-order valence-electron chi connectivity index (χ3n) is 6.04. The molecule has 1 atom stereocenters. The SMILES string of the molecule is CCc1c(N)c2c3c(c(-c4ccccc4)nn2c1Cc1ccccc1)C(=O)C(=O)C(C(=O)O)O3. The number of fused-ring (bicyclic) bond motifs is 3. The lowest BCUT2D eigenvalue weighted by Gasteiger charge is -2.24. The molecule has 8 nitrogen and oxygen atoms in total. The zero-order valence-corrected chi connectivity index (χ0v) is 18.3. The maximum absolute atomic E-state index is 13.1. The summed E-state index contributed by atoms with van der Waals surface area (Å²) in [5.41, 5.74) is 10.6. The largest absolute Gasteiger partial charge is 0.478 e. The molecule has 0 fully saturated rings. The molecule has 0 bridgehead atoms. The maximum atomic E-state index is 13.1. The molecule has 0 saturated carbocycles. The van der Waals surface area contributed by atoms with E-state index in [9.17, 15) is 19.5 Å². The molecule has 0 aliphatic carbocycles. The van der Waals surface area contributed by atoms with Gasteiger partial charge in [0.25, 0.3) is 11.9 Å². The van der Waals surface area contributed by atoms with Gasteiger partial charge in [-0.25, -0.2) is 9.31 Å². The van der Waals surface area contributed by atoms with Crippen LogP contribution in [-0.4, -0.2) is 38.4 Å². The van der Waals surface area contributed by atoms with Gasteiger partial charge in [0.15, 0.2) is 5.75 Å². The van der Waals surface area contributed by atoms with Gasteiger partial charge < -0.3 is 15.6 Å². The molecule has 4 aromatic rings. The molecule has 0 saturated heterocycles. The highest BCUT2D eigenvalue weighted by Crippen LogP contribution is 2.42. The number of carbonyl (C=O) groups excluding carboxylic acids is 2. The van der Waals surface area contributed by atoms with Gasteiger partial charge in [-0.05, 0) is 17.5 Å². The third-order valence-corrected chi connectivity index (χ3v) is 6.04. The number of rotatable bonds is 5. The Labute approximate surface area is 194 Å². The van der Waals surface area contributed by atoms with Crippen LogP contribution in [0.2, 0.25) is 0 Å². The molecule has 1 aliphatic heterocycles. The highest BCUT2D eigenvalue weighted by molar-refractivity contribution is 6.50. The minimum absolute atomic E-state index is 0.0302. The predicted octanol–water partition coefficient (Wildman–Crippen LogP) is 3.33. The van der Waals surface area contributed by atoms with E-state index in [4.69, 9.17) is 15.6 Å². The number of Topliss-reactive ketones (excluding diaryl/α,β-unsaturated/α-hetero) is 2. The standard InChI is InChI=1S/C26H21N3O5/c1-2-16-17(13-14-9-5-3-6-10-14)29-21(19(16)27)24-18(20(28-29)15-11-7-4-8-12-15)22(30)23(31)25(34-24)26(32)33/h3-12,25H,2,13,27H2,1H3,(H,32,33). The molecule has 2 aromatic carbocycles. The fourth-order valence-corrected chi connectivity index (χ4v) is 4.45. The van der Waals surface area contributed by atoms with Crippen LogP contribution in [0.25, 0.3) is 16.8 Å². The van der Waals surface area contributed by atoms with Crippen molar-refractivity contribution >= 4 is 28.7 Å². The normalized spacial score (nSPS) is 15.3. The first-order chi connectivity index (χ1) is 16.4. The van der Waals surface area contributed by atoms with Crippen molar-refractivity contribution in [3.8, 4) is 17.0 Å². The van der Waals surface area contributed by atoms with Crippen LogP contribution >= 0.6 is 0 Å². The summed E-state index contributed by atoms with van der Waals surface area (Å²) < 4.78 is 7.31. The van der Waals surface area contributed by atoms with E-state index < -0.39 is 23.6 Å². The number of nitrogen functional groups attached to an aromatic ring is 1. The second kappa shape index (κ2) is 8.15. The molecule has 1 aliphatic rings. The molecule has 2 aromatic heterocycles. The second-order valence-corrected chi connectivity index (χ2v) is 8.06. The molecular formula is C26H21N3O5. The van der Waals surface area contributed by atoms with E-state index >= 15 is 0 Å². The first-order valence-electron chi connectivity index (χ1n) is 10.9. The summed E-state index contributed by atoms with van der Waals surface area (Å²) in [5.74, 6) is -3.66. The van der Waals surface area contributed by atoms with E-state index in [1.54, 1.807) is 28.8 Å². The van der Waals surface area contributed by atoms with Crippen LogP contribution in [0.1, 0.15) is 34.1 Å². The van der Waals surface area contributed by atoms with Gasteiger partial charge >= 0.3 is 5.97 Å². The molecule has 8 heteroatoms. The Morgan fingerprint density at radius 3 is 2.35 bits per heavy atom. The van der Waals surface area contributed by atoms with Crippen molar-refractivity contribution in [3.05, 3.63) is 83.0 Å². The number of carboxylic acid groups (broad SMARTS) is 1. The maximum Gasteiger partial charge on any atom is 0.353 e. The van der Waals surface area contributed by atoms with Crippen LogP contribution in [0.5, 0.6) is 5.75 Å². The quantitative estimate of drug-likeness (QED) is 0.349. The van der Waals surface area contributed by atoms with Gasteiger partial charge in [0.05, 0.1) is 16.9 Å². The molecule has 3 heterocycles. The van der Waals surface area contributed by atoms with Crippen molar-refractivity contribution in [1.29, 1.82) is 0 Å². The van der Waals surface area contributed by atoms with Crippen LogP contribution in [-0.2, 0) is 22.4 Å². The molecule has 0 amide bonds. The average molecular weight is 455 g/mol. The van der Waals surface area contributed by atoms with Gasteiger partial charge in [-0.2, -0.15) is 5.10 Å². The molecule has 0 radical (unpaired) electrons. The Morgan fingerprint density at radius 1 is 1.09 bits per heavy atom. The van der Waals surface area contributed by atoms with Gasteiger partial charge in [-0.15, -0.1) is 0 Å². The number of carboxylic acids is 1. The first kappa shape index (κ1) is 21.4. The zero-order chi connectivity index (χ0) is 24.0. The highest BCUT2D eigenvalue weighted by atomic mass is 16.5. The van der Waals surface area contributed by atoms with E-state index in [1.165, 1.54) is 0 Å². The minimum Gasteiger partial charge on any atom is -0.478 e. The zero-order valence-electron chi connectivity index (χ0n) is 18.3. The van der Waals surface area contributed by atoms with Gasteiger partial charge in [0.2, 0.25) is 5.78 Å². The first-order valence-corrected chi connectivity index (χ1v) is 10.9. The lowest BCUT2D eigenvalue weighted by Crippen LogP contribution is -2.44. The smallest absolute Gasteiger partial charge is 0.353 e. The Morgan fingerprint density at radius 2 is 1.74 bits per heavy atom. The molecule has 170 valence electrons. The molecule has 5 rings (SSSR count). The number of hydrogen-bond acceptors (Lipinski definition) is 6. The number of aliphatic carboxylic acids is 1. The van der Waals surface area contributed by atoms with Crippen LogP contribution < -0.4 is 10.5 Å². The number of carbonyl (C=O) groups is 3. The fourth-order valence-electron chi connectivity index (χ4n) is 4.45. The average Bonchev–Trinajstić information content (AvgIpc) is 3.12. The summed E-state index contributed by atoms with van der Waals surface area (Å²) in [6.07, 6.45) is -0.841. The van der Waals surface area contributed by atoms with Gasteiger partial charge in [-0.3, -0.25) is 9.59 Å². The van der Waals surface area contributed by atoms with Crippen molar-refractivity contribution in [3.63, 3.8) is 0 Å². The predicted molar refractivity (Wildman–Crippen MR) is 125 cm³/mol. The molecule has 0 spiro atoms. The Kier molecular flexibility index (Phi) is 5.13. The number of benzene rings is 2. The van der Waals surface area contributed by atoms with E-state index in [0.717, 1.165) is 16.8 Å². The Bertz CT molecular complexity index is 1460. The summed E-state index contributed by atoms with van der Waals surface area (Å²) >= 11 is 0. The van der Waals surface area contributed by atoms with E-state index in [0.29, 0.717) is 29.6 Å². The van der Waals surface area contributed by atoms with Crippen LogP contribution in [0, 0.1) is 0 Å². The minimum atomic E-state index is -1.94. The van der Waals surface area contributed by atoms with Crippen molar-refractivity contribution in [2.24, 2.45) is 0 Å². The monoisotopic (exact) mass is 455 g/mol. The molecular weight excluding hydrogens is 434 g/mol. The number of nitrogens with two attached hydrogens (primary N) is 1. The summed E-state index contributed by atoms with van der Waals surface area (Å²) in [6, 6.07) is 18.7. The highest BCUT2D eigenvalue weighted by Gasteiger charge is 2.44. The lowest BCUT2D eigenvalue weighted by molar-refractivity contribution is -0.149. The lowest BCUT2D eigenvalue weighted by atomic mass is 9.95. The second-order valence-electron chi connectivity index (χ2n) is 8.06. The molecule has 3 N–H and O–H groups in total. The molecule has 1 unspecified atom stereocenters. The van der Waals surface area contributed by atoms with Crippen LogP contribution in [0.4, 0.5) is 5.69 Å². The fraction of sp³-hybridized carbons (Fsp3) is 0.154. The summed E-state index contributed by atoms with van der Waals surface area (Å²) in [6.45, 7) is 1.96. The van der Waals surface area contributed by atoms with Crippen molar-refractivity contribution in [2.45, 2.75) is 25.9 Å². The number of nitrogens with zero attached hydrogens (tertiary/aromatic N) is 2.